The Balaban J connectivity index is 1.96. The summed E-state index contributed by atoms with van der Waals surface area (Å²) in [6, 6.07) is 3.14. The highest BCUT2D eigenvalue weighted by Gasteiger charge is 2.16. The third-order valence-electron chi connectivity index (χ3n) is 3.76. The molecular formula is C15H14FN5O4. The molecule has 0 saturated heterocycles. The van der Waals surface area contributed by atoms with E-state index in [0.717, 1.165) is 22.8 Å². The maximum Gasteiger partial charge on any atom is 0.332 e. The number of halogens is 1. The highest BCUT2D eigenvalue weighted by molar-refractivity contribution is 5.92. The van der Waals surface area contributed by atoms with Gasteiger partial charge in [-0.05, 0) is 12.1 Å². The van der Waals surface area contributed by atoms with Crippen LogP contribution in [0.25, 0.3) is 11.2 Å². The van der Waals surface area contributed by atoms with Gasteiger partial charge >= 0.3 is 5.69 Å². The molecule has 0 fully saturated rings. The number of imidazole rings is 1. The lowest BCUT2D eigenvalue weighted by molar-refractivity contribution is -0.116. The van der Waals surface area contributed by atoms with Crippen LogP contribution in [0.2, 0.25) is 0 Å². The van der Waals surface area contributed by atoms with Gasteiger partial charge in [0.1, 0.15) is 18.1 Å². The predicted octanol–water partition coefficient (Wildman–Crippen LogP) is -0.0829. The number of rotatable bonds is 3. The molecule has 0 aliphatic rings. The molecule has 0 aliphatic carbocycles. The Morgan fingerprint density at radius 2 is 2.00 bits per heavy atom. The lowest BCUT2D eigenvalue weighted by atomic mass is 10.3. The summed E-state index contributed by atoms with van der Waals surface area (Å²) in [6.07, 6.45) is 1.26. The molecule has 0 saturated carbocycles. The van der Waals surface area contributed by atoms with Gasteiger partial charge in [-0.2, -0.15) is 0 Å². The van der Waals surface area contributed by atoms with Gasteiger partial charge in [-0.25, -0.2) is 14.2 Å². The second kappa shape index (κ2) is 5.89. The normalized spacial score (nSPS) is 11.0. The topological polar surface area (TPSA) is 111 Å². The van der Waals surface area contributed by atoms with E-state index in [9.17, 15) is 23.9 Å². The monoisotopic (exact) mass is 347 g/mol. The number of phenolic OH excluding ortho intramolecular Hbond substituents is 1. The number of amides is 1. The molecule has 1 aromatic carbocycles. The third-order valence-corrected chi connectivity index (χ3v) is 3.76. The summed E-state index contributed by atoms with van der Waals surface area (Å²) in [5, 5.41) is 12.0. The maximum atomic E-state index is 13.2. The molecule has 0 unspecified atom stereocenters. The minimum absolute atomic E-state index is 0.0863. The van der Waals surface area contributed by atoms with Crippen LogP contribution in [-0.4, -0.2) is 29.7 Å². The first kappa shape index (κ1) is 16.4. The van der Waals surface area contributed by atoms with Crippen LogP contribution in [0.15, 0.2) is 34.1 Å². The van der Waals surface area contributed by atoms with E-state index in [1.807, 2.05) is 0 Å². The molecule has 3 rings (SSSR count). The number of hydrogen-bond acceptors (Lipinski definition) is 5. The molecule has 0 radical (unpaired) electrons. The van der Waals surface area contributed by atoms with Crippen molar-refractivity contribution in [2.24, 2.45) is 14.1 Å². The Kier molecular flexibility index (Phi) is 3.87. The summed E-state index contributed by atoms with van der Waals surface area (Å²) in [5.41, 5.74) is -0.971. The van der Waals surface area contributed by atoms with Crippen molar-refractivity contribution in [3.63, 3.8) is 0 Å². The number of aromatic hydroxyl groups is 1. The van der Waals surface area contributed by atoms with Crippen molar-refractivity contribution >= 4 is 22.8 Å². The van der Waals surface area contributed by atoms with Gasteiger partial charge in [-0.3, -0.25) is 18.7 Å². The van der Waals surface area contributed by atoms with Crippen LogP contribution in [0.4, 0.5) is 10.1 Å². The average Bonchev–Trinajstić information content (AvgIpc) is 2.98. The van der Waals surface area contributed by atoms with Crippen LogP contribution >= 0.6 is 0 Å². The summed E-state index contributed by atoms with van der Waals surface area (Å²) in [4.78, 5) is 40.3. The predicted molar refractivity (Wildman–Crippen MR) is 86.9 cm³/mol. The van der Waals surface area contributed by atoms with Crippen LogP contribution in [0.3, 0.4) is 0 Å². The molecule has 2 heterocycles. The first-order valence-corrected chi connectivity index (χ1v) is 7.19. The van der Waals surface area contributed by atoms with Crippen molar-refractivity contribution in [3.05, 3.63) is 51.2 Å². The van der Waals surface area contributed by atoms with E-state index in [-0.39, 0.29) is 29.1 Å². The zero-order valence-corrected chi connectivity index (χ0v) is 13.4. The SMILES string of the molecule is Cn1c(=O)c2c(ncn2CC(=O)Nc2cc(F)ccc2O)n(C)c1=O. The lowest BCUT2D eigenvalue weighted by Gasteiger charge is -2.09. The lowest BCUT2D eigenvalue weighted by Crippen LogP contribution is -2.37. The number of phenols is 1. The van der Waals surface area contributed by atoms with Crippen molar-refractivity contribution in [3.8, 4) is 5.75 Å². The van der Waals surface area contributed by atoms with Crippen molar-refractivity contribution in [2.75, 3.05) is 5.32 Å². The van der Waals surface area contributed by atoms with Gasteiger partial charge in [0.25, 0.3) is 5.56 Å². The Morgan fingerprint density at radius 1 is 1.28 bits per heavy atom. The van der Waals surface area contributed by atoms with Crippen LogP contribution in [0.5, 0.6) is 5.75 Å². The number of benzene rings is 1. The first-order chi connectivity index (χ1) is 11.8. The molecule has 0 spiro atoms. The van der Waals surface area contributed by atoms with Gasteiger partial charge in [0.2, 0.25) is 5.91 Å². The largest absolute Gasteiger partial charge is 0.506 e. The van der Waals surface area contributed by atoms with Crippen molar-refractivity contribution in [2.45, 2.75) is 6.54 Å². The van der Waals surface area contributed by atoms with Crippen LogP contribution in [0, 0.1) is 5.82 Å². The zero-order valence-electron chi connectivity index (χ0n) is 13.4. The molecule has 2 aromatic heterocycles. The summed E-state index contributed by atoms with van der Waals surface area (Å²) in [7, 11) is 2.79. The van der Waals surface area contributed by atoms with E-state index in [2.05, 4.69) is 10.3 Å². The number of aromatic nitrogens is 4. The fraction of sp³-hybridized carbons (Fsp3) is 0.200. The third kappa shape index (κ3) is 2.77. The Hall–Kier alpha value is -3.43. The number of aryl methyl sites for hydroxylation is 1. The second-order valence-corrected chi connectivity index (χ2v) is 5.46. The van der Waals surface area contributed by atoms with Crippen LogP contribution in [0.1, 0.15) is 0 Å². The van der Waals surface area contributed by atoms with Crippen molar-refractivity contribution < 1.29 is 14.3 Å². The highest BCUT2D eigenvalue weighted by Crippen LogP contribution is 2.23. The molecule has 10 heteroatoms. The summed E-state index contributed by atoms with van der Waals surface area (Å²) in [6.45, 7) is -0.306. The number of hydrogen-bond donors (Lipinski definition) is 2. The Labute approximate surface area is 139 Å². The van der Waals surface area contributed by atoms with E-state index >= 15 is 0 Å². The van der Waals surface area contributed by atoms with E-state index in [0.29, 0.717) is 0 Å². The van der Waals surface area contributed by atoms with Crippen molar-refractivity contribution in [1.82, 2.24) is 18.7 Å². The molecule has 130 valence electrons. The minimum atomic E-state index is -0.620. The van der Waals surface area contributed by atoms with Crippen LogP contribution < -0.4 is 16.6 Å². The molecule has 3 aromatic rings. The van der Waals surface area contributed by atoms with E-state index < -0.39 is 23.0 Å². The standard InChI is InChI=1S/C15H14FN5O4/c1-19-13-12(14(24)20(2)15(19)25)21(7-17-13)6-11(23)18-9-5-8(16)3-4-10(9)22/h3-5,7,22H,6H2,1-2H3,(H,18,23). The van der Waals surface area contributed by atoms with Gasteiger partial charge in [0, 0.05) is 20.2 Å². The van der Waals surface area contributed by atoms with Crippen molar-refractivity contribution in [1.29, 1.82) is 0 Å². The zero-order chi connectivity index (χ0) is 18.3. The molecule has 0 aliphatic heterocycles. The maximum absolute atomic E-state index is 13.2. The minimum Gasteiger partial charge on any atom is -0.506 e. The van der Waals surface area contributed by atoms with Gasteiger partial charge < -0.3 is 15.0 Å². The van der Waals surface area contributed by atoms with E-state index in [1.54, 1.807) is 0 Å². The molecule has 9 nitrogen and oxygen atoms in total. The first-order valence-electron chi connectivity index (χ1n) is 7.19. The number of nitrogens with one attached hydrogen (secondary N) is 1. The Morgan fingerprint density at radius 3 is 2.72 bits per heavy atom. The molecular weight excluding hydrogens is 333 g/mol. The molecule has 2 N–H and O–H groups in total. The number of carbonyl (C=O) groups excluding carboxylic acids is 1. The number of carbonyl (C=O) groups is 1. The number of fused-ring (bicyclic) bond motifs is 1. The second-order valence-electron chi connectivity index (χ2n) is 5.46. The quantitative estimate of drug-likeness (QED) is 0.644. The highest BCUT2D eigenvalue weighted by atomic mass is 19.1. The number of nitrogens with zero attached hydrogens (tertiary/aromatic N) is 4. The Bertz CT molecular complexity index is 1110. The molecule has 1 amide bonds. The van der Waals surface area contributed by atoms with Crippen LogP contribution in [-0.2, 0) is 25.4 Å². The van der Waals surface area contributed by atoms with Gasteiger partial charge in [-0.1, -0.05) is 0 Å². The molecule has 0 atom stereocenters. The smallest absolute Gasteiger partial charge is 0.332 e. The molecule has 0 bridgehead atoms. The fourth-order valence-electron chi connectivity index (χ4n) is 2.47. The molecule has 25 heavy (non-hydrogen) atoms. The summed E-state index contributed by atoms with van der Waals surface area (Å²) in [5.74, 6) is -1.51. The average molecular weight is 347 g/mol. The van der Waals surface area contributed by atoms with Gasteiger partial charge in [0.15, 0.2) is 11.2 Å². The van der Waals surface area contributed by atoms with Gasteiger partial charge in [-0.15, -0.1) is 0 Å². The fourth-order valence-corrected chi connectivity index (χ4v) is 2.47. The number of anilines is 1. The summed E-state index contributed by atoms with van der Waals surface area (Å²) >= 11 is 0. The van der Waals surface area contributed by atoms with E-state index in [1.165, 1.54) is 29.6 Å². The van der Waals surface area contributed by atoms with Gasteiger partial charge in [0.05, 0.1) is 12.0 Å². The summed E-state index contributed by atoms with van der Waals surface area (Å²) < 4.78 is 16.6. The van der Waals surface area contributed by atoms with E-state index in [4.69, 9.17) is 0 Å².